The van der Waals surface area contributed by atoms with E-state index in [-0.39, 0.29) is 5.43 Å². The molecule has 0 amide bonds. The van der Waals surface area contributed by atoms with E-state index in [2.05, 4.69) is 49.7 Å². The largest absolute Gasteiger partial charge is 0.348 e. The van der Waals surface area contributed by atoms with Crippen molar-refractivity contribution in [1.82, 2.24) is 9.55 Å². The minimum atomic E-state index is -0.00956. The van der Waals surface area contributed by atoms with Gasteiger partial charge in [0.15, 0.2) is 5.43 Å². The van der Waals surface area contributed by atoms with E-state index in [1.807, 2.05) is 18.2 Å². The van der Waals surface area contributed by atoms with Crippen molar-refractivity contribution < 1.29 is 0 Å². The number of H-pyrrole nitrogens is 1. The zero-order chi connectivity index (χ0) is 14.4. The van der Waals surface area contributed by atoms with Gasteiger partial charge in [0.2, 0.25) is 0 Å². The van der Waals surface area contributed by atoms with Crippen molar-refractivity contribution in [3.05, 3.63) is 75.5 Å². The first-order valence-electron chi connectivity index (χ1n) is 6.62. The van der Waals surface area contributed by atoms with Gasteiger partial charge in [-0.3, -0.25) is 9.36 Å². The van der Waals surface area contributed by atoms with Crippen molar-refractivity contribution in [3.63, 3.8) is 0 Å². The average Bonchev–Trinajstić information content (AvgIpc) is 2.80. The highest BCUT2D eigenvalue weighted by Gasteiger charge is 2.12. The smallest absolute Gasteiger partial charge is 0.183 e. The van der Waals surface area contributed by atoms with E-state index in [1.165, 1.54) is 16.8 Å². The summed E-state index contributed by atoms with van der Waals surface area (Å²) in [6, 6.07) is 17.5. The van der Waals surface area contributed by atoms with Crippen LogP contribution in [0, 0.1) is 0 Å². The molecule has 0 bridgehead atoms. The highest BCUT2D eigenvalue weighted by Crippen LogP contribution is 2.32. The van der Waals surface area contributed by atoms with Crippen LogP contribution in [0.25, 0.3) is 27.6 Å². The maximum atomic E-state index is 11.7. The number of halogens is 1. The number of hydrogen-bond acceptors (Lipinski definition) is 1. The fourth-order valence-corrected chi connectivity index (χ4v) is 3.12. The lowest BCUT2D eigenvalue weighted by atomic mass is 10.2. The second-order valence-corrected chi connectivity index (χ2v) is 5.84. The Labute approximate surface area is 129 Å². The average molecular weight is 339 g/mol. The summed E-state index contributed by atoms with van der Waals surface area (Å²) in [6.45, 7) is 0. The van der Waals surface area contributed by atoms with E-state index < -0.39 is 0 Å². The molecule has 0 fully saturated rings. The Bertz CT molecular complexity index is 1030. The van der Waals surface area contributed by atoms with Crippen LogP contribution < -0.4 is 5.43 Å². The fraction of sp³-hybridized carbons (Fsp3) is 0. The molecule has 21 heavy (non-hydrogen) atoms. The lowest BCUT2D eigenvalue weighted by Gasteiger charge is -2.07. The van der Waals surface area contributed by atoms with Crippen molar-refractivity contribution in [2.75, 3.05) is 0 Å². The molecule has 1 N–H and O–H groups in total. The molecule has 0 saturated carbocycles. The molecule has 0 aliphatic carbocycles. The van der Waals surface area contributed by atoms with Gasteiger partial charge in [-0.1, -0.05) is 40.2 Å². The second-order valence-electron chi connectivity index (χ2n) is 4.92. The fourth-order valence-electron chi connectivity index (χ4n) is 2.77. The summed E-state index contributed by atoms with van der Waals surface area (Å²) in [5.74, 6) is 0.770. The van der Waals surface area contributed by atoms with E-state index in [0.717, 1.165) is 21.3 Å². The molecule has 0 unspecified atom stereocenters. The number of rotatable bonds is 1. The SMILES string of the molecule is O=c1cc[nH]c(-n2c3ccccc3c3ccc(Br)cc32)c1. The molecule has 2 aromatic carbocycles. The summed E-state index contributed by atoms with van der Waals surface area (Å²) in [7, 11) is 0. The van der Waals surface area contributed by atoms with Crippen LogP contribution in [0.2, 0.25) is 0 Å². The maximum Gasteiger partial charge on any atom is 0.183 e. The Morgan fingerprint density at radius 2 is 1.71 bits per heavy atom. The molecule has 0 aliphatic heterocycles. The molecular weight excluding hydrogens is 328 g/mol. The summed E-state index contributed by atoms with van der Waals surface area (Å²) < 4.78 is 3.09. The summed E-state index contributed by atoms with van der Waals surface area (Å²) >= 11 is 3.53. The van der Waals surface area contributed by atoms with Crippen LogP contribution in [0.3, 0.4) is 0 Å². The van der Waals surface area contributed by atoms with E-state index in [4.69, 9.17) is 0 Å². The highest BCUT2D eigenvalue weighted by atomic mass is 79.9. The quantitative estimate of drug-likeness (QED) is 0.554. The number of aromatic amines is 1. The number of pyridine rings is 1. The van der Waals surface area contributed by atoms with Crippen LogP contribution in [0.1, 0.15) is 0 Å². The first-order valence-corrected chi connectivity index (χ1v) is 7.41. The monoisotopic (exact) mass is 338 g/mol. The lowest BCUT2D eigenvalue weighted by molar-refractivity contribution is 1.07. The van der Waals surface area contributed by atoms with E-state index in [0.29, 0.717) is 0 Å². The Balaban J connectivity index is 2.24. The van der Waals surface area contributed by atoms with E-state index in [1.54, 1.807) is 12.3 Å². The molecule has 0 aliphatic rings. The van der Waals surface area contributed by atoms with Gasteiger partial charge in [-0.25, -0.2) is 0 Å². The van der Waals surface area contributed by atoms with Crippen LogP contribution in [0.5, 0.6) is 0 Å². The van der Waals surface area contributed by atoms with Gasteiger partial charge < -0.3 is 4.98 Å². The van der Waals surface area contributed by atoms with Crippen molar-refractivity contribution in [3.8, 4) is 5.82 Å². The third-order valence-electron chi connectivity index (χ3n) is 3.63. The van der Waals surface area contributed by atoms with Gasteiger partial charge in [0.05, 0.1) is 11.0 Å². The maximum absolute atomic E-state index is 11.7. The van der Waals surface area contributed by atoms with Crippen molar-refractivity contribution in [2.24, 2.45) is 0 Å². The number of nitrogens with zero attached hydrogens (tertiary/aromatic N) is 1. The minimum absolute atomic E-state index is 0.00956. The van der Waals surface area contributed by atoms with Crippen molar-refractivity contribution in [1.29, 1.82) is 0 Å². The van der Waals surface area contributed by atoms with Crippen LogP contribution in [0.15, 0.2) is 70.1 Å². The molecule has 0 atom stereocenters. The summed E-state index contributed by atoms with van der Waals surface area (Å²) in [5.41, 5.74) is 2.13. The molecule has 0 saturated heterocycles. The number of benzene rings is 2. The molecule has 0 spiro atoms. The Morgan fingerprint density at radius 3 is 2.57 bits per heavy atom. The molecule has 4 aromatic rings. The van der Waals surface area contributed by atoms with Gasteiger partial charge in [0.25, 0.3) is 0 Å². The Morgan fingerprint density at radius 1 is 0.905 bits per heavy atom. The van der Waals surface area contributed by atoms with E-state index >= 15 is 0 Å². The Kier molecular flexibility index (Phi) is 2.72. The van der Waals surface area contributed by atoms with Gasteiger partial charge in [-0.15, -0.1) is 0 Å². The molecule has 4 rings (SSSR count). The lowest BCUT2D eigenvalue weighted by Crippen LogP contribution is -2.04. The Hall–Kier alpha value is -2.33. The van der Waals surface area contributed by atoms with E-state index in [9.17, 15) is 4.79 Å². The normalized spacial score (nSPS) is 11.3. The molecule has 2 aromatic heterocycles. The molecule has 0 radical (unpaired) electrons. The van der Waals surface area contributed by atoms with Gasteiger partial charge in [0, 0.05) is 33.6 Å². The van der Waals surface area contributed by atoms with Gasteiger partial charge >= 0.3 is 0 Å². The first-order chi connectivity index (χ1) is 10.2. The summed E-state index contributed by atoms with van der Waals surface area (Å²) in [6.07, 6.45) is 1.68. The van der Waals surface area contributed by atoms with Gasteiger partial charge in [0.1, 0.15) is 5.82 Å². The number of nitrogens with one attached hydrogen (secondary N) is 1. The van der Waals surface area contributed by atoms with Crippen LogP contribution in [-0.2, 0) is 0 Å². The number of fused-ring (bicyclic) bond motifs is 3. The van der Waals surface area contributed by atoms with Crippen molar-refractivity contribution >= 4 is 37.7 Å². The zero-order valence-corrected chi connectivity index (χ0v) is 12.6. The highest BCUT2D eigenvalue weighted by molar-refractivity contribution is 9.10. The molecule has 3 nitrogen and oxygen atoms in total. The van der Waals surface area contributed by atoms with Crippen LogP contribution >= 0.6 is 15.9 Å². The van der Waals surface area contributed by atoms with Gasteiger partial charge in [-0.05, 0) is 18.2 Å². The van der Waals surface area contributed by atoms with Crippen LogP contribution in [-0.4, -0.2) is 9.55 Å². The zero-order valence-electron chi connectivity index (χ0n) is 11.0. The molecular formula is C17H11BrN2O. The van der Waals surface area contributed by atoms with Gasteiger partial charge in [-0.2, -0.15) is 0 Å². The predicted octanol–water partition coefficient (Wildman–Crippen LogP) is 4.23. The van der Waals surface area contributed by atoms with Crippen molar-refractivity contribution in [2.45, 2.75) is 0 Å². The van der Waals surface area contributed by atoms with Crippen LogP contribution in [0.4, 0.5) is 0 Å². The molecule has 102 valence electrons. The summed E-state index contributed by atoms with van der Waals surface area (Å²) in [4.78, 5) is 14.8. The number of aromatic nitrogens is 2. The first kappa shape index (κ1) is 12.4. The standard InChI is InChI=1S/C17H11BrN2O/c18-11-5-6-14-13-3-1-2-4-15(13)20(16(14)9-11)17-10-12(21)7-8-19-17/h1-10H,(H,19,21). The predicted molar refractivity (Wildman–Crippen MR) is 89.1 cm³/mol. The summed E-state index contributed by atoms with van der Waals surface area (Å²) in [5, 5.41) is 2.34. The third kappa shape index (κ3) is 1.91. The number of hydrogen-bond donors (Lipinski definition) is 1. The molecule has 2 heterocycles. The molecule has 4 heteroatoms. The third-order valence-corrected chi connectivity index (χ3v) is 4.13. The second kappa shape index (κ2) is 4.60. The topological polar surface area (TPSA) is 37.8 Å². The minimum Gasteiger partial charge on any atom is -0.348 e. The number of para-hydroxylation sites is 1.